The minimum atomic E-state index is -3.01. The molecule has 2 rings (SSSR count). The molecule has 0 aromatic rings. The predicted octanol–water partition coefficient (Wildman–Crippen LogP) is -0.0263. The van der Waals surface area contributed by atoms with Crippen LogP contribution in [0.2, 0.25) is 0 Å². The molecular weight excluding hydrogens is 252 g/mol. The Labute approximate surface area is 109 Å². The van der Waals surface area contributed by atoms with Gasteiger partial charge in [0.2, 0.25) is 5.91 Å². The van der Waals surface area contributed by atoms with Crippen molar-refractivity contribution in [2.24, 2.45) is 5.92 Å². The molecule has 2 atom stereocenters. The summed E-state index contributed by atoms with van der Waals surface area (Å²) >= 11 is 0. The predicted molar refractivity (Wildman–Crippen MR) is 70.0 cm³/mol. The van der Waals surface area contributed by atoms with Gasteiger partial charge in [0, 0.05) is 25.9 Å². The van der Waals surface area contributed by atoms with E-state index in [1.54, 1.807) is 4.90 Å². The van der Waals surface area contributed by atoms with Crippen LogP contribution in [-0.2, 0) is 14.6 Å². The monoisotopic (exact) mass is 274 g/mol. The van der Waals surface area contributed by atoms with Gasteiger partial charge in [-0.15, -0.1) is 0 Å². The van der Waals surface area contributed by atoms with Gasteiger partial charge in [-0.25, -0.2) is 8.42 Å². The summed E-state index contributed by atoms with van der Waals surface area (Å²) in [5, 5.41) is -0.359. The van der Waals surface area contributed by atoms with Crippen molar-refractivity contribution in [2.45, 2.75) is 24.5 Å². The number of amides is 1. The number of carbonyl (C=O) groups is 1. The van der Waals surface area contributed by atoms with Crippen molar-refractivity contribution in [1.82, 2.24) is 9.80 Å². The zero-order chi connectivity index (χ0) is 13.3. The molecule has 5 nitrogen and oxygen atoms in total. The SMILES string of the molecule is CN1CCCC(C(=O)N2CCC(S(C)(=O)=O)C2)C1. The summed E-state index contributed by atoms with van der Waals surface area (Å²) in [7, 11) is -0.984. The molecule has 0 aromatic carbocycles. The molecule has 0 radical (unpaired) electrons. The minimum absolute atomic E-state index is 0.0575. The van der Waals surface area contributed by atoms with E-state index in [1.807, 2.05) is 7.05 Å². The van der Waals surface area contributed by atoms with Crippen molar-refractivity contribution < 1.29 is 13.2 Å². The van der Waals surface area contributed by atoms with Crippen LogP contribution in [0.5, 0.6) is 0 Å². The molecule has 0 aromatic heterocycles. The van der Waals surface area contributed by atoms with Gasteiger partial charge in [0.1, 0.15) is 0 Å². The molecule has 0 N–H and O–H groups in total. The molecule has 2 fully saturated rings. The van der Waals surface area contributed by atoms with Crippen molar-refractivity contribution in [3.63, 3.8) is 0 Å². The lowest BCUT2D eigenvalue weighted by Gasteiger charge is -2.31. The summed E-state index contributed by atoms with van der Waals surface area (Å²) in [6.07, 6.45) is 3.84. The fourth-order valence-electron chi connectivity index (χ4n) is 2.90. The quantitative estimate of drug-likeness (QED) is 0.710. The molecule has 0 saturated carbocycles. The van der Waals surface area contributed by atoms with Gasteiger partial charge in [0.25, 0.3) is 0 Å². The maximum atomic E-state index is 12.3. The molecular formula is C12H22N2O3S. The second kappa shape index (κ2) is 5.17. The smallest absolute Gasteiger partial charge is 0.227 e. The summed E-state index contributed by atoms with van der Waals surface area (Å²) in [6, 6.07) is 0. The van der Waals surface area contributed by atoms with E-state index >= 15 is 0 Å². The van der Waals surface area contributed by atoms with E-state index in [2.05, 4.69) is 4.90 Å². The maximum Gasteiger partial charge on any atom is 0.227 e. The molecule has 104 valence electrons. The number of piperidine rings is 1. The van der Waals surface area contributed by atoms with E-state index < -0.39 is 9.84 Å². The second-order valence-corrected chi connectivity index (χ2v) is 7.95. The molecule has 2 aliphatic rings. The number of nitrogens with zero attached hydrogens (tertiary/aromatic N) is 2. The van der Waals surface area contributed by atoms with Gasteiger partial charge in [-0.3, -0.25) is 4.79 Å². The molecule has 0 spiro atoms. The second-order valence-electron chi connectivity index (χ2n) is 5.63. The van der Waals surface area contributed by atoms with Gasteiger partial charge < -0.3 is 9.80 Å². The van der Waals surface area contributed by atoms with Gasteiger partial charge in [-0.1, -0.05) is 0 Å². The Morgan fingerprint density at radius 1 is 1.17 bits per heavy atom. The molecule has 1 amide bonds. The third-order valence-corrected chi connectivity index (χ3v) is 5.63. The Balaban J connectivity index is 1.95. The summed E-state index contributed by atoms with van der Waals surface area (Å²) in [6.45, 7) is 2.84. The van der Waals surface area contributed by atoms with Crippen molar-refractivity contribution in [1.29, 1.82) is 0 Å². The minimum Gasteiger partial charge on any atom is -0.341 e. The first-order chi connectivity index (χ1) is 8.38. The number of rotatable bonds is 2. The van der Waals surface area contributed by atoms with Gasteiger partial charge in [0.15, 0.2) is 9.84 Å². The average Bonchev–Trinajstić information content (AvgIpc) is 2.77. The van der Waals surface area contributed by atoms with E-state index in [-0.39, 0.29) is 17.1 Å². The van der Waals surface area contributed by atoms with E-state index in [0.29, 0.717) is 19.5 Å². The topological polar surface area (TPSA) is 57.7 Å². The normalized spacial score (nSPS) is 30.7. The van der Waals surface area contributed by atoms with Crippen LogP contribution in [0.1, 0.15) is 19.3 Å². The third-order valence-electron chi connectivity index (χ3n) is 4.04. The Bertz CT molecular complexity index is 421. The zero-order valence-electron chi connectivity index (χ0n) is 11.1. The van der Waals surface area contributed by atoms with Crippen molar-refractivity contribution in [3.05, 3.63) is 0 Å². The standard InChI is InChI=1S/C12H22N2O3S/c1-13-6-3-4-10(8-13)12(15)14-7-5-11(9-14)18(2,16)17/h10-11H,3-9H2,1-2H3. The van der Waals surface area contributed by atoms with Crippen LogP contribution in [0.15, 0.2) is 0 Å². The van der Waals surface area contributed by atoms with E-state index in [1.165, 1.54) is 6.26 Å². The fourth-order valence-corrected chi connectivity index (χ4v) is 3.89. The summed E-state index contributed by atoms with van der Waals surface area (Å²) in [5.41, 5.74) is 0. The van der Waals surface area contributed by atoms with Crippen molar-refractivity contribution in [2.75, 3.05) is 39.5 Å². The molecule has 0 bridgehead atoms. The van der Waals surface area contributed by atoms with Crippen LogP contribution >= 0.6 is 0 Å². The highest BCUT2D eigenvalue weighted by atomic mass is 32.2. The highest BCUT2D eigenvalue weighted by Crippen LogP contribution is 2.22. The molecule has 18 heavy (non-hydrogen) atoms. The fraction of sp³-hybridized carbons (Fsp3) is 0.917. The average molecular weight is 274 g/mol. The lowest BCUT2D eigenvalue weighted by atomic mass is 9.97. The van der Waals surface area contributed by atoms with Gasteiger partial charge in [-0.2, -0.15) is 0 Å². The van der Waals surface area contributed by atoms with Crippen molar-refractivity contribution >= 4 is 15.7 Å². The largest absolute Gasteiger partial charge is 0.341 e. The van der Waals surface area contributed by atoms with Crippen LogP contribution in [0.4, 0.5) is 0 Å². The van der Waals surface area contributed by atoms with Crippen LogP contribution < -0.4 is 0 Å². The van der Waals surface area contributed by atoms with Crippen LogP contribution in [0, 0.1) is 5.92 Å². The maximum absolute atomic E-state index is 12.3. The van der Waals surface area contributed by atoms with E-state index in [4.69, 9.17) is 0 Å². The highest BCUT2D eigenvalue weighted by Gasteiger charge is 2.36. The number of hydrogen-bond acceptors (Lipinski definition) is 4. The zero-order valence-corrected chi connectivity index (χ0v) is 11.9. The van der Waals surface area contributed by atoms with Gasteiger partial charge >= 0.3 is 0 Å². The van der Waals surface area contributed by atoms with Gasteiger partial charge in [-0.05, 0) is 32.9 Å². The molecule has 2 saturated heterocycles. The first kappa shape index (κ1) is 13.8. The molecule has 2 unspecified atom stereocenters. The number of likely N-dealkylation sites (tertiary alicyclic amines) is 2. The van der Waals surface area contributed by atoms with Crippen LogP contribution in [-0.4, -0.2) is 68.9 Å². The molecule has 6 heteroatoms. The Hall–Kier alpha value is -0.620. The summed E-state index contributed by atoms with van der Waals surface area (Å²) in [5.74, 6) is 0.203. The lowest BCUT2D eigenvalue weighted by Crippen LogP contribution is -2.43. The Morgan fingerprint density at radius 3 is 2.44 bits per heavy atom. The molecule has 2 aliphatic heterocycles. The van der Waals surface area contributed by atoms with E-state index in [0.717, 1.165) is 25.9 Å². The van der Waals surface area contributed by atoms with Gasteiger partial charge in [0.05, 0.1) is 11.2 Å². The summed E-state index contributed by atoms with van der Waals surface area (Å²) in [4.78, 5) is 16.2. The Morgan fingerprint density at radius 2 is 1.89 bits per heavy atom. The number of hydrogen-bond donors (Lipinski definition) is 0. The van der Waals surface area contributed by atoms with Crippen LogP contribution in [0.3, 0.4) is 0 Å². The first-order valence-corrected chi connectivity index (χ1v) is 8.49. The highest BCUT2D eigenvalue weighted by molar-refractivity contribution is 7.91. The summed E-state index contributed by atoms with van der Waals surface area (Å²) < 4.78 is 23.0. The van der Waals surface area contributed by atoms with Crippen LogP contribution in [0.25, 0.3) is 0 Å². The third kappa shape index (κ3) is 3.03. The molecule has 2 heterocycles. The first-order valence-electron chi connectivity index (χ1n) is 6.54. The number of carbonyl (C=O) groups excluding carboxylic acids is 1. The lowest BCUT2D eigenvalue weighted by molar-refractivity contribution is -0.136. The Kier molecular flexibility index (Phi) is 3.96. The number of sulfone groups is 1. The van der Waals surface area contributed by atoms with Crippen molar-refractivity contribution in [3.8, 4) is 0 Å². The van der Waals surface area contributed by atoms with E-state index in [9.17, 15) is 13.2 Å². The molecule has 0 aliphatic carbocycles.